The normalized spacial score (nSPS) is 15.1. The van der Waals surface area contributed by atoms with E-state index in [9.17, 15) is 4.79 Å². The summed E-state index contributed by atoms with van der Waals surface area (Å²) in [5, 5.41) is 5.84. The molecular formula is C22H26N4O2. The Bertz CT molecular complexity index is 956. The largest absolute Gasteiger partial charge is 0.494 e. The van der Waals surface area contributed by atoms with Gasteiger partial charge in [-0.3, -0.25) is 9.48 Å². The summed E-state index contributed by atoms with van der Waals surface area (Å²) in [6.07, 6.45) is 4.12. The molecule has 1 aliphatic heterocycles. The Morgan fingerprint density at radius 3 is 2.64 bits per heavy atom. The second-order valence-corrected chi connectivity index (χ2v) is 7.29. The van der Waals surface area contributed by atoms with Crippen molar-refractivity contribution in [2.45, 2.75) is 32.1 Å². The van der Waals surface area contributed by atoms with E-state index in [-0.39, 0.29) is 5.91 Å². The third kappa shape index (κ3) is 3.72. The van der Waals surface area contributed by atoms with Crippen LogP contribution in [-0.2, 0) is 18.3 Å². The van der Waals surface area contributed by atoms with E-state index >= 15 is 0 Å². The van der Waals surface area contributed by atoms with Gasteiger partial charge in [-0.05, 0) is 49.6 Å². The van der Waals surface area contributed by atoms with Crippen LogP contribution in [0.5, 0.6) is 5.75 Å². The molecule has 146 valence electrons. The van der Waals surface area contributed by atoms with Gasteiger partial charge < -0.3 is 9.64 Å². The lowest BCUT2D eigenvalue weighted by Gasteiger charge is -2.31. The van der Waals surface area contributed by atoms with Crippen LogP contribution < -0.4 is 4.74 Å². The lowest BCUT2D eigenvalue weighted by Crippen LogP contribution is -2.38. The molecule has 4 rings (SSSR count). The third-order valence-corrected chi connectivity index (χ3v) is 5.45. The molecule has 0 saturated carbocycles. The maximum atomic E-state index is 12.7. The molecule has 2 aromatic heterocycles. The Labute approximate surface area is 165 Å². The molecule has 0 radical (unpaired) electrons. The molecule has 1 saturated heterocycles. The van der Waals surface area contributed by atoms with Crippen molar-refractivity contribution in [2.24, 2.45) is 7.05 Å². The molecule has 6 heteroatoms. The van der Waals surface area contributed by atoms with E-state index in [4.69, 9.17) is 9.84 Å². The van der Waals surface area contributed by atoms with E-state index in [1.807, 2.05) is 53.9 Å². The summed E-state index contributed by atoms with van der Waals surface area (Å²) in [6, 6.07) is 11.9. The summed E-state index contributed by atoms with van der Waals surface area (Å²) < 4.78 is 7.32. The van der Waals surface area contributed by atoms with Crippen LogP contribution >= 0.6 is 0 Å². The highest BCUT2D eigenvalue weighted by atomic mass is 16.5. The van der Waals surface area contributed by atoms with Crippen molar-refractivity contribution < 1.29 is 9.53 Å². The van der Waals surface area contributed by atoms with E-state index in [1.54, 1.807) is 6.20 Å². The molecule has 28 heavy (non-hydrogen) atoms. The predicted octanol–water partition coefficient (Wildman–Crippen LogP) is 3.32. The van der Waals surface area contributed by atoms with Crippen molar-refractivity contribution in [3.63, 3.8) is 0 Å². The molecule has 1 aromatic carbocycles. The lowest BCUT2D eigenvalue weighted by atomic mass is 9.91. The van der Waals surface area contributed by atoms with Gasteiger partial charge in [-0.15, -0.1) is 0 Å². The quantitative estimate of drug-likeness (QED) is 0.683. The summed E-state index contributed by atoms with van der Waals surface area (Å²) in [4.78, 5) is 19.1. The van der Waals surface area contributed by atoms with E-state index in [0.717, 1.165) is 54.0 Å². The maximum Gasteiger partial charge on any atom is 0.226 e. The number of carbonyl (C=O) groups is 1. The molecule has 6 nitrogen and oxygen atoms in total. The SMILES string of the molecule is CCOc1ccc(CC(=O)N2CCC(c3nn(C)c4ncccc34)CC2)cc1. The molecule has 3 heterocycles. The number of piperidine rings is 1. The number of carbonyl (C=O) groups excluding carboxylic acids is 1. The second-order valence-electron chi connectivity index (χ2n) is 7.29. The van der Waals surface area contributed by atoms with Crippen LogP contribution in [0.2, 0.25) is 0 Å². The van der Waals surface area contributed by atoms with Gasteiger partial charge in [0.05, 0.1) is 18.7 Å². The number of hydrogen-bond acceptors (Lipinski definition) is 4. The van der Waals surface area contributed by atoms with Crippen LogP contribution in [0.15, 0.2) is 42.6 Å². The molecule has 0 spiro atoms. The zero-order valence-corrected chi connectivity index (χ0v) is 16.5. The number of aryl methyl sites for hydroxylation is 1. The molecule has 0 N–H and O–H groups in total. The van der Waals surface area contributed by atoms with Gasteiger partial charge in [-0.1, -0.05) is 12.1 Å². The van der Waals surface area contributed by atoms with Gasteiger partial charge in [0.25, 0.3) is 0 Å². The number of pyridine rings is 1. The minimum atomic E-state index is 0.190. The Hall–Kier alpha value is -2.89. The Kier molecular flexibility index (Phi) is 5.28. The molecule has 0 atom stereocenters. The first-order valence-electron chi connectivity index (χ1n) is 9.93. The number of ether oxygens (including phenoxy) is 1. The number of likely N-dealkylation sites (tertiary alicyclic amines) is 1. The standard InChI is InChI=1S/C22H26N4O2/c1-3-28-18-8-6-16(7-9-18)15-20(27)26-13-10-17(11-14-26)21-19-5-4-12-23-22(19)25(2)24-21/h4-9,12,17H,3,10-11,13-15H2,1-2H3. The van der Waals surface area contributed by atoms with Gasteiger partial charge in [0.1, 0.15) is 5.75 Å². The van der Waals surface area contributed by atoms with Crippen molar-refractivity contribution in [2.75, 3.05) is 19.7 Å². The van der Waals surface area contributed by atoms with Crippen LogP contribution in [0.1, 0.15) is 36.9 Å². The zero-order chi connectivity index (χ0) is 19.5. The minimum absolute atomic E-state index is 0.190. The van der Waals surface area contributed by atoms with Crippen LogP contribution in [0, 0.1) is 0 Å². The summed E-state index contributed by atoms with van der Waals surface area (Å²) >= 11 is 0. The Morgan fingerprint density at radius 2 is 1.93 bits per heavy atom. The smallest absolute Gasteiger partial charge is 0.226 e. The van der Waals surface area contributed by atoms with E-state index in [0.29, 0.717) is 18.9 Å². The Balaban J connectivity index is 1.37. The van der Waals surface area contributed by atoms with Crippen molar-refractivity contribution in [1.29, 1.82) is 0 Å². The minimum Gasteiger partial charge on any atom is -0.494 e. The summed E-state index contributed by atoms with van der Waals surface area (Å²) in [5.41, 5.74) is 3.06. The molecule has 0 unspecified atom stereocenters. The van der Waals surface area contributed by atoms with Gasteiger partial charge in [-0.25, -0.2) is 4.98 Å². The van der Waals surface area contributed by atoms with Gasteiger partial charge in [-0.2, -0.15) is 5.10 Å². The molecule has 3 aromatic rings. The highest BCUT2D eigenvalue weighted by molar-refractivity contribution is 5.80. The topological polar surface area (TPSA) is 60.2 Å². The average Bonchev–Trinajstić information content (AvgIpc) is 3.07. The molecule has 1 fully saturated rings. The zero-order valence-electron chi connectivity index (χ0n) is 16.5. The fourth-order valence-corrected chi connectivity index (χ4v) is 3.98. The summed E-state index contributed by atoms with van der Waals surface area (Å²) in [7, 11) is 1.94. The number of benzene rings is 1. The van der Waals surface area contributed by atoms with Crippen molar-refractivity contribution in [3.8, 4) is 5.75 Å². The van der Waals surface area contributed by atoms with E-state index in [1.165, 1.54) is 0 Å². The number of rotatable bonds is 5. The number of hydrogen-bond donors (Lipinski definition) is 0. The molecule has 1 amide bonds. The first-order chi connectivity index (χ1) is 13.7. The first-order valence-corrected chi connectivity index (χ1v) is 9.93. The van der Waals surface area contributed by atoms with Gasteiger partial charge in [0.15, 0.2) is 5.65 Å². The number of aromatic nitrogens is 3. The number of amides is 1. The highest BCUT2D eigenvalue weighted by Gasteiger charge is 2.27. The summed E-state index contributed by atoms with van der Waals surface area (Å²) in [6.45, 7) is 4.16. The number of fused-ring (bicyclic) bond motifs is 1. The van der Waals surface area contributed by atoms with E-state index in [2.05, 4.69) is 11.1 Å². The molecule has 0 aliphatic carbocycles. The van der Waals surface area contributed by atoms with Crippen molar-refractivity contribution >= 4 is 16.9 Å². The highest BCUT2D eigenvalue weighted by Crippen LogP contribution is 2.31. The van der Waals surface area contributed by atoms with Crippen LogP contribution in [0.3, 0.4) is 0 Å². The Morgan fingerprint density at radius 1 is 1.18 bits per heavy atom. The first kappa shape index (κ1) is 18.5. The molecule has 1 aliphatic rings. The van der Waals surface area contributed by atoms with Gasteiger partial charge >= 0.3 is 0 Å². The van der Waals surface area contributed by atoms with Crippen LogP contribution in [-0.4, -0.2) is 45.3 Å². The monoisotopic (exact) mass is 378 g/mol. The van der Waals surface area contributed by atoms with Crippen LogP contribution in [0.4, 0.5) is 0 Å². The third-order valence-electron chi connectivity index (χ3n) is 5.45. The summed E-state index contributed by atoms with van der Waals surface area (Å²) in [5.74, 6) is 1.41. The lowest BCUT2D eigenvalue weighted by molar-refractivity contribution is -0.131. The van der Waals surface area contributed by atoms with Crippen molar-refractivity contribution in [3.05, 3.63) is 53.9 Å². The molecular weight excluding hydrogens is 352 g/mol. The van der Waals surface area contributed by atoms with Gasteiger partial charge in [0.2, 0.25) is 5.91 Å². The average molecular weight is 378 g/mol. The second kappa shape index (κ2) is 8.00. The van der Waals surface area contributed by atoms with Crippen LogP contribution in [0.25, 0.3) is 11.0 Å². The predicted molar refractivity (Wildman–Crippen MR) is 108 cm³/mol. The maximum absolute atomic E-state index is 12.7. The fraction of sp³-hybridized carbons (Fsp3) is 0.409. The van der Waals surface area contributed by atoms with Gasteiger partial charge in [0, 0.05) is 37.6 Å². The number of nitrogens with zero attached hydrogens (tertiary/aromatic N) is 4. The van der Waals surface area contributed by atoms with Crippen molar-refractivity contribution in [1.82, 2.24) is 19.7 Å². The fourth-order valence-electron chi connectivity index (χ4n) is 3.98. The molecule has 0 bridgehead atoms. The van der Waals surface area contributed by atoms with E-state index < -0.39 is 0 Å².